The largest absolute Gasteiger partial charge is 0.353 e. The Bertz CT molecular complexity index is 1070. The molecule has 0 unspecified atom stereocenters. The van der Waals surface area contributed by atoms with E-state index < -0.39 is 0 Å². The van der Waals surface area contributed by atoms with Crippen molar-refractivity contribution in [1.29, 1.82) is 5.26 Å². The first-order valence-corrected chi connectivity index (χ1v) is 10.7. The smallest absolute Gasteiger partial charge is 0.266 e. The van der Waals surface area contributed by atoms with Gasteiger partial charge < -0.3 is 14.8 Å². The fourth-order valence-corrected chi connectivity index (χ4v) is 3.99. The molecule has 3 heterocycles. The van der Waals surface area contributed by atoms with Gasteiger partial charge in [0.2, 0.25) is 5.91 Å². The highest BCUT2D eigenvalue weighted by molar-refractivity contribution is 5.77. The van der Waals surface area contributed by atoms with E-state index in [1.165, 1.54) is 0 Å². The molecule has 0 atom stereocenters. The third-order valence-corrected chi connectivity index (χ3v) is 5.84. The third kappa shape index (κ3) is 4.93. The number of aryl methyl sites for hydroxylation is 2. The predicted octanol–water partition coefficient (Wildman–Crippen LogP) is 2.37. The summed E-state index contributed by atoms with van der Waals surface area (Å²) in [5.74, 6) is 2.12. The van der Waals surface area contributed by atoms with E-state index >= 15 is 0 Å². The molecule has 0 bridgehead atoms. The predicted molar refractivity (Wildman–Crippen MR) is 119 cm³/mol. The second-order valence-electron chi connectivity index (χ2n) is 8.42. The van der Waals surface area contributed by atoms with Crippen LogP contribution in [-0.2, 0) is 11.2 Å². The van der Waals surface area contributed by atoms with E-state index in [4.69, 9.17) is 4.98 Å². The van der Waals surface area contributed by atoms with Crippen LogP contribution in [0, 0.1) is 32.1 Å². The Morgan fingerprint density at radius 1 is 1.19 bits per heavy atom. The van der Waals surface area contributed by atoms with Crippen molar-refractivity contribution < 1.29 is 4.79 Å². The molecule has 0 radical (unpaired) electrons. The lowest BCUT2D eigenvalue weighted by Gasteiger charge is -2.35. The molecule has 1 aliphatic heterocycles. The summed E-state index contributed by atoms with van der Waals surface area (Å²) in [6.07, 6.45) is 0.855. The van der Waals surface area contributed by atoms with Gasteiger partial charge in [-0.1, -0.05) is 13.8 Å². The second-order valence-corrected chi connectivity index (χ2v) is 8.42. The summed E-state index contributed by atoms with van der Waals surface area (Å²) in [5, 5.41) is 9.22. The summed E-state index contributed by atoms with van der Waals surface area (Å²) in [6.45, 7) is 12.5. The molecule has 2 aromatic rings. The van der Waals surface area contributed by atoms with Gasteiger partial charge in [0.15, 0.2) is 0 Å². The number of carbonyl (C=O) groups excluding carboxylic acids is 1. The highest BCUT2D eigenvalue weighted by Gasteiger charge is 2.23. The number of nitrogens with one attached hydrogen (secondary N) is 1. The first-order valence-electron chi connectivity index (χ1n) is 10.7. The Morgan fingerprint density at radius 3 is 2.48 bits per heavy atom. The van der Waals surface area contributed by atoms with Gasteiger partial charge in [-0.25, -0.2) is 9.97 Å². The molecule has 0 spiro atoms. The van der Waals surface area contributed by atoms with Gasteiger partial charge in [-0.15, -0.1) is 0 Å². The molecule has 164 valence electrons. The quantitative estimate of drug-likeness (QED) is 0.793. The van der Waals surface area contributed by atoms with E-state index in [1.807, 2.05) is 30.9 Å². The lowest BCUT2D eigenvalue weighted by atomic mass is 9.99. The molecule has 1 amide bonds. The molecular formula is C23H30N6O2. The summed E-state index contributed by atoms with van der Waals surface area (Å²) >= 11 is 0. The molecule has 8 heteroatoms. The Hall–Kier alpha value is -3.21. The van der Waals surface area contributed by atoms with Crippen molar-refractivity contribution in [3.63, 3.8) is 0 Å². The van der Waals surface area contributed by atoms with Crippen LogP contribution in [0.4, 0.5) is 5.82 Å². The van der Waals surface area contributed by atoms with Crippen LogP contribution >= 0.6 is 0 Å². The maximum absolute atomic E-state index is 12.8. The van der Waals surface area contributed by atoms with Crippen molar-refractivity contribution in [2.45, 2.75) is 53.4 Å². The lowest BCUT2D eigenvalue weighted by molar-refractivity contribution is -0.131. The number of nitrogens with zero attached hydrogens (tertiary/aromatic N) is 5. The second kappa shape index (κ2) is 9.29. The zero-order chi connectivity index (χ0) is 22.7. The van der Waals surface area contributed by atoms with Crippen molar-refractivity contribution in [3.8, 4) is 6.07 Å². The zero-order valence-corrected chi connectivity index (χ0v) is 18.9. The number of pyridine rings is 1. The van der Waals surface area contributed by atoms with Crippen LogP contribution in [0.1, 0.15) is 60.1 Å². The van der Waals surface area contributed by atoms with E-state index in [-0.39, 0.29) is 22.9 Å². The Balaban J connectivity index is 1.62. The SMILES string of the molecule is Cc1cc(N2CCN(C(=O)CCc3c(C)[nH]c(=O)c(C#N)c3C)CC2)nc(C(C)C)n1. The monoisotopic (exact) mass is 422 g/mol. The molecule has 1 fully saturated rings. The van der Waals surface area contributed by atoms with E-state index in [9.17, 15) is 14.9 Å². The number of nitriles is 1. The minimum absolute atomic E-state index is 0.0879. The number of hydrogen-bond acceptors (Lipinski definition) is 6. The van der Waals surface area contributed by atoms with Crippen LogP contribution in [-0.4, -0.2) is 51.9 Å². The standard InChI is InChI=1S/C23H30N6O2/c1-14(2)22-25-15(3)12-20(27-22)28-8-10-29(11-9-28)21(30)7-6-18-16(4)19(13-24)23(31)26-17(18)5/h12,14H,6-11H2,1-5H3,(H,26,31). The number of H-pyrrole nitrogens is 1. The fourth-order valence-electron chi connectivity index (χ4n) is 3.99. The van der Waals surface area contributed by atoms with Crippen molar-refractivity contribution in [2.24, 2.45) is 0 Å². The lowest BCUT2D eigenvalue weighted by Crippen LogP contribution is -2.49. The minimum atomic E-state index is -0.371. The maximum Gasteiger partial charge on any atom is 0.266 e. The number of carbonyl (C=O) groups is 1. The normalized spacial score (nSPS) is 14.1. The van der Waals surface area contributed by atoms with Crippen LogP contribution in [0.25, 0.3) is 0 Å². The first-order chi connectivity index (χ1) is 14.7. The Labute approximate surface area is 182 Å². The highest BCUT2D eigenvalue weighted by atomic mass is 16.2. The van der Waals surface area contributed by atoms with Gasteiger partial charge in [0.1, 0.15) is 23.3 Å². The average Bonchev–Trinajstić information content (AvgIpc) is 2.73. The van der Waals surface area contributed by atoms with Crippen molar-refractivity contribution in [3.05, 3.63) is 50.3 Å². The van der Waals surface area contributed by atoms with Crippen molar-refractivity contribution in [1.82, 2.24) is 19.9 Å². The first kappa shape index (κ1) is 22.5. The van der Waals surface area contributed by atoms with Crippen molar-refractivity contribution in [2.75, 3.05) is 31.1 Å². The topological polar surface area (TPSA) is 106 Å². The summed E-state index contributed by atoms with van der Waals surface area (Å²) in [5.41, 5.74) is 2.98. The molecule has 8 nitrogen and oxygen atoms in total. The summed E-state index contributed by atoms with van der Waals surface area (Å²) in [6, 6.07) is 3.96. The van der Waals surface area contributed by atoms with Gasteiger partial charge in [0.05, 0.1) is 0 Å². The molecule has 31 heavy (non-hydrogen) atoms. The minimum Gasteiger partial charge on any atom is -0.353 e. The van der Waals surface area contributed by atoms with Crippen molar-refractivity contribution >= 4 is 11.7 Å². The van der Waals surface area contributed by atoms with E-state index in [2.05, 4.69) is 28.7 Å². The van der Waals surface area contributed by atoms with E-state index in [1.54, 1.807) is 6.92 Å². The number of piperazine rings is 1. The Morgan fingerprint density at radius 2 is 1.87 bits per heavy atom. The van der Waals surface area contributed by atoms with Gasteiger partial charge in [-0.05, 0) is 38.3 Å². The molecule has 0 aromatic carbocycles. The number of aromatic nitrogens is 3. The molecular weight excluding hydrogens is 392 g/mol. The molecule has 0 aliphatic carbocycles. The molecule has 1 saturated heterocycles. The van der Waals surface area contributed by atoms with Gasteiger partial charge in [0.25, 0.3) is 5.56 Å². The molecule has 1 N–H and O–H groups in total. The van der Waals surface area contributed by atoms with Gasteiger partial charge in [-0.2, -0.15) is 5.26 Å². The van der Waals surface area contributed by atoms with Crippen LogP contribution < -0.4 is 10.5 Å². The van der Waals surface area contributed by atoms with Gasteiger partial charge >= 0.3 is 0 Å². The number of rotatable bonds is 5. The maximum atomic E-state index is 12.8. The van der Waals surface area contributed by atoms with Gasteiger partial charge in [-0.3, -0.25) is 9.59 Å². The van der Waals surface area contributed by atoms with Crippen LogP contribution in [0.15, 0.2) is 10.9 Å². The zero-order valence-electron chi connectivity index (χ0n) is 18.9. The van der Waals surface area contributed by atoms with E-state index in [0.717, 1.165) is 41.7 Å². The summed E-state index contributed by atoms with van der Waals surface area (Å²) < 4.78 is 0. The molecule has 2 aromatic heterocycles. The van der Waals surface area contributed by atoms with Crippen LogP contribution in [0.2, 0.25) is 0 Å². The molecule has 0 saturated carbocycles. The Kier molecular flexibility index (Phi) is 6.74. The summed E-state index contributed by atoms with van der Waals surface area (Å²) in [7, 11) is 0. The average molecular weight is 423 g/mol. The fraction of sp³-hybridized carbons (Fsp3) is 0.522. The number of aromatic amines is 1. The number of amides is 1. The highest BCUT2D eigenvalue weighted by Crippen LogP contribution is 2.20. The number of anilines is 1. The molecule has 1 aliphatic rings. The van der Waals surface area contributed by atoms with E-state index in [0.29, 0.717) is 31.5 Å². The van der Waals surface area contributed by atoms with Crippen LogP contribution in [0.3, 0.4) is 0 Å². The summed E-state index contributed by atoms with van der Waals surface area (Å²) in [4.78, 5) is 40.7. The number of hydrogen-bond donors (Lipinski definition) is 1. The molecule has 3 rings (SSSR count). The third-order valence-electron chi connectivity index (χ3n) is 5.84. The van der Waals surface area contributed by atoms with Crippen LogP contribution in [0.5, 0.6) is 0 Å². The van der Waals surface area contributed by atoms with Gasteiger partial charge in [0, 0.05) is 56.0 Å².